The minimum atomic E-state index is -0.0837. The fourth-order valence-electron chi connectivity index (χ4n) is 3.27. The molecule has 0 amide bonds. The molecule has 0 spiro atoms. The maximum Gasteiger partial charge on any atom is 0.132 e. The molecular formula is C17H23FN2S. The van der Waals surface area contributed by atoms with E-state index in [-0.39, 0.29) is 5.82 Å². The Morgan fingerprint density at radius 2 is 2.19 bits per heavy atom. The summed E-state index contributed by atoms with van der Waals surface area (Å²) in [5.41, 5.74) is 1.56. The Hall–Kier alpha value is -0.970. The van der Waals surface area contributed by atoms with Crippen molar-refractivity contribution in [1.29, 1.82) is 0 Å². The summed E-state index contributed by atoms with van der Waals surface area (Å²) in [4.78, 5) is 3.73. The maximum atomic E-state index is 14.3. The van der Waals surface area contributed by atoms with Crippen molar-refractivity contribution in [1.82, 2.24) is 10.2 Å². The quantitative estimate of drug-likeness (QED) is 0.919. The van der Waals surface area contributed by atoms with Gasteiger partial charge < -0.3 is 5.32 Å². The molecule has 4 heteroatoms. The van der Waals surface area contributed by atoms with E-state index in [2.05, 4.69) is 24.1 Å². The van der Waals surface area contributed by atoms with Crippen LogP contribution in [-0.4, -0.2) is 25.0 Å². The first-order valence-corrected chi connectivity index (χ1v) is 8.37. The van der Waals surface area contributed by atoms with E-state index in [9.17, 15) is 4.39 Å². The fourth-order valence-corrected chi connectivity index (χ4v) is 4.51. The number of nitrogens with zero attached hydrogens (tertiary/aromatic N) is 1. The van der Waals surface area contributed by atoms with Crippen LogP contribution in [0.4, 0.5) is 4.39 Å². The van der Waals surface area contributed by atoms with Crippen molar-refractivity contribution in [2.24, 2.45) is 5.41 Å². The molecule has 21 heavy (non-hydrogen) atoms. The zero-order chi connectivity index (χ0) is 15.0. The van der Waals surface area contributed by atoms with Crippen LogP contribution < -0.4 is 5.32 Å². The highest BCUT2D eigenvalue weighted by molar-refractivity contribution is 7.19. The highest BCUT2D eigenvalue weighted by atomic mass is 32.1. The molecule has 1 aliphatic rings. The molecule has 114 valence electrons. The van der Waals surface area contributed by atoms with Crippen LogP contribution in [0.25, 0.3) is 10.1 Å². The van der Waals surface area contributed by atoms with Gasteiger partial charge in [0.05, 0.1) is 0 Å². The third kappa shape index (κ3) is 2.98. The van der Waals surface area contributed by atoms with E-state index in [1.807, 2.05) is 13.1 Å². The Balaban J connectivity index is 1.97. The highest BCUT2D eigenvalue weighted by Gasteiger charge is 2.30. The van der Waals surface area contributed by atoms with Gasteiger partial charge in [-0.05, 0) is 43.1 Å². The van der Waals surface area contributed by atoms with Crippen molar-refractivity contribution in [3.8, 4) is 0 Å². The third-order valence-electron chi connectivity index (χ3n) is 4.32. The van der Waals surface area contributed by atoms with Crippen LogP contribution in [0, 0.1) is 11.2 Å². The molecule has 1 aliphatic heterocycles. The second-order valence-corrected chi connectivity index (χ2v) is 7.91. The summed E-state index contributed by atoms with van der Waals surface area (Å²) in [6.45, 7) is 8.50. The van der Waals surface area contributed by atoms with Crippen LogP contribution in [-0.2, 0) is 13.1 Å². The van der Waals surface area contributed by atoms with Gasteiger partial charge in [0.15, 0.2) is 0 Å². The highest BCUT2D eigenvalue weighted by Crippen LogP contribution is 2.36. The SMILES string of the molecule is CNCc1sc2cccc(F)c2c1CN1CCC(C)(C)C1. The molecule has 0 radical (unpaired) electrons. The van der Waals surface area contributed by atoms with Gasteiger partial charge in [-0.1, -0.05) is 19.9 Å². The van der Waals surface area contributed by atoms with Gasteiger partial charge in [0.1, 0.15) is 5.82 Å². The molecule has 0 unspecified atom stereocenters. The van der Waals surface area contributed by atoms with Gasteiger partial charge in [-0.25, -0.2) is 4.39 Å². The predicted molar refractivity (Wildman–Crippen MR) is 88.2 cm³/mol. The summed E-state index contributed by atoms with van der Waals surface area (Å²) >= 11 is 1.72. The van der Waals surface area contributed by atoms with Crippen LogP contribution in [0.3, 0.4) is 0 Å². The van der Waals surface area contributed by atoms with E-state index in [0.29, 0.717) is 5.41 Å². The summed E-state index contributed by atoms with van der Waals surface area (Å²) < 4.78 is 15.4. The zero-order valence-corrected chi connectivity index (χ0v) is 13.8. The largest absolute Gasteiger partial charge is 0.315 e. The van der Waals surface area contributed by atoms with Crippen molar-refractivity contribution >= 4 is 21.4 Å². The monoisotopic (exact) mass is 306 g/mol. The lowest BCUT2D eigenvalue weighted by atomic mass is 9.93. The number of hydrogen-bond acceptors (Lipinski definition) is 3. The summed E-state index contributed by atoms with van der Waals surface area (Å²) in [5.74, 6) is -0.0837. The second-order valence-electron chi connectivity index (χ2n) is 6.77. The van der Waals surface area contributed by atoms with Crippen LogP contribution in [0.5, 0.6) is 0 Å². The van der Waals surface area contributed by atoms with E-state index >= 15 is 0 Å². The minimum Gasteiger partial charge on any atom is -0.315 e. The number of thiophene rings is 1. The molecule has 0 aliphatic carbocycles. The lowest BCUT2D eigenvalue weighted by molar-refractivity contribution is 0.284. The predicted octanol–water partition coefficient (Wildman–Crippen LogP) is 3.99. The fraction of sp³-hybridized carbons (Fsp3) is 0.529. The average Bonchev–Trinajstić information content (AvgIpc) is 2.93. The Morgan fingerprint density at radius 1 is 1.38 bits per heavy atom. The van der Waals surface area contributed by atoms with E-state index < -0.39 is 0 Å². The lowest BCUT2D eigenvalue weighted by Crippen LogP contribution is -2.23. The van der Waals surface area contributed by atoms with Crippen molar-refractivity contribution in [3.63, 3.8) is 0 Å². The molecule has 1 aromatic carbocycles. The van der Waals surface area contributed by atoms with Crippen LogP contribution in [0.2, 0.25) is 0 Å². The number of nitrogens with one attached hydrogen (secondary N) is 1. The molecule has 0 atom stereocenters. The molecule has 2 nitrogen and oxygen atoms in total. The van der Waals surface area contributed by atoms with Crippen LogP contribution in [0.1, 0.15) is 30.7 Å². The lowest BCUT2D eigenvalue weighted by Gasteiger charge is -2.20. The first kappa shape index (κ1) is 14.9. The van der Waals surface area contributed by atoms with Crippen molar-refractivity contribution in [2.75, 3.05) is 20.1 Å². The Labute approximate surface area is 130 Å². The summed E-state index contributed by atoms with van der Waals surface area (Å²) in [7, 11) is 1.95. The molecule has 0 bridgehead atoms. The number of likely N-dealkylation sites (tertiary alicyclic amines) is 1. The molecule has 1 fully saturated rings. The normalized spacial score (nSPS) is 18.7. The Kier molecular flexibility index (Phi) is 4.04. The third-order valence-corrected chi connectivity index (χ3v) is 5.52. The number of hydrogen-bond donors (Lipinski definition) is 1. The second kappa shape index (κ2) is 5.67. The van der Waals surface area contributed by atoms with E-state index in [0.717, 1.165) is 36.3 Å². The molecule has 3 rings (SSSR count). The van der Waals surface area contributed by atoms with Gasteiger partial charge >= 0.3 is 0 Å². The average molecular weight is 306 g/mol. The van der Waals surface area contributed by atoms with Crippen molar-refractivity contribution < 1.29 is 4.39 Å². The maximum absolute atomic E-state index is 14.3. The molecule has 1 N–H and O–H groups in total. The number of benzene rings is 1. The van der Waals surface area contributed by atoms with Gasteiger partial charge in [0.2, 0.25) is 0 Å². The zero-order valence-electron chi connectivity index (χ0n) is 13.0. The standard InChI is InChI=1S/C17H23FN2S/c1-17(2)7-8-20(11-17)10-12-15(9-19-3)21-14-6-4-5-13(18)16(12)14/h4-6,19H,7-11H2,1-3H3. The Morgan fingerprint density at radius 3 is 2.86 bits per heavy atom. The minimum absolute atomic E-state index is 0.0837. The van der Waals surface area contributed by atoms with Crippen LogP contribution in [0.15, 0.2) is 18.2 Å². The van der Waals surface area contributed by atoms with Gasteiger partial charge in [-0.2, -0.15) is 0 Å². The van der Waals surface area contributed by atoms with Crippen molar-refractivity contribution in [3.05, 3.63) is 34.5 Å². The van der Waals surface area contributed by atoms with E-state index in [1.54, 1.807) is 23.5 Å². The molecular weight excluding hydrogens is 283 g/mol. The first-order chi connectivity index (χ1) is 10.00. The van der Waals surface area contributed by atoms with E-state index in [1.165, 1.54) is 16.9 Å². The summed E-state index contributed by atoms with van der Waals surface area (Å²) in [6, 6.07) is 5.41. The first-order valence-electron chi connectivity index (χ1n) is 7.56. The molecule has 0 saturated carbocycles. The van der Waals surface area contributed by atoms with E-state index in [4.69, 9.17) is 0 Å². The summed E-state index contributed by atoms with van der Waals surface area (Å²) in [5, 5.41) is 4.05. The van der Waals surface area contributed by atoms with Gasteiger partial charge in [-0.15, -0.1) is 11.3 Å². The number of halogens is 1. The van der Waals surface area contributed by atoms with Gasteiger partial charge in [0.25, 0.3) is 0 Å². The number of rotatable bonds is 4. The topological polar surface area (TPSA) is 15.3 Å². The van der Waals surface area contributed by atoms with Crippen molar-refractivity contribution in [2.45, 2.75) is 33.4 Å². The Bertz CT molecular complexity index is 648. The van der Waals surface area contributed by atoms with Crippen LogP contribution >= 0.6 is 11.3 Å². The molecule has 1 aromatic heterocycles. The molecule has 2 heterocycles. The molecule has 2 aromatic rings. The molecule has 1 saturated heterocycles. The van der Waals surface area contributed by atoms with Gasteiger partial charge in [0, 0.05) is 34.6 Å². The number of fused-ring (bicyclic) bond motifs is 1. The van der Waals surface area contributed by atoms with Gasteiger partial charge in [-0.3, -0.25) is 4.90 Å². The smallest absolute Gasteiger partial charge is 0.132 e. The summed E-state index contributed by atoms with van der Waals surface area (Å²) in [6.07, 6.45) is 1.22.